The number of fused-ring (bicyclic) bond motifs is 2. The molecule has 2 aliphatic heterocycles. The van der Waals surface area contributed by atoms with Crippen LogP contribution in [-0.2, 0) is 11.2 Å². The van der Waals surface area contributed by atoms with Crippen LogP contribution in [0.3, 0.4) is 0 Å². The molecular weight excluding hydrogens is 386 g/mol. The maximum Gasteiger partial charge on any atom is 0.270 e. The van der Waals surface area contributed by atoms with E-state index in [2.05, 4.69) is 30.1 Å². The molecule has 0 aliphatic carbocycles. The largest absolute Gasteiger partial charge is 0.351 e. The van der Waals surface area contributed by atoms with Crippen molar-refractivity contribution in [2.45, 2.75) is 39.0 Å². The molecule has 2 aliphatic rings. The Bertz CT molecular complexity index is 1090. The Morgan fingerprint density at radius 1 is 0.968 bits per heavy atom. The van der Waals surface area contributed by atoms with Crippen LogP contribution in [0.15, 0.2) is 48.5 Å². The summed E-state index contributed by atoms with van der Waals surface area (Å²) >= 11 is 0. The standard InChI is InChI=1S/C26H29N3O2/c1-18-9-10-24-21(16-18)7-4-5-13-29(24)25(30)19-11-14-28(15-12-19)26(31)23-17-20-6-2-3-8-22(20)27-23/h2-3,6,8-10,16-17,19,27H,4-5,7,11-15H2,1H3. The molecule has 160 valence electrons. The lowest BCUT2D eigenvalue weighted by Crippen LogP contribution is -2.45. The smallest absolute Gasteiger partial charge is 0.270 e. The first kappa shape index (κ1) is 19.9. The van der Waals surface area contributed by atoms with Crippen molar-refractivity contribution in [3.8, 4) is 0 Å². The Morgan fingerprint density at radius 3 is 2.58 bits per heavy atom. The van der Waals surface area contributed by atoms with E-state index < -0.39 is 0 Å². The summed E-state index contributed by atoms with van der Waals surface area (Å²) in [5.74, 6) is 0.237. The Labute approximate surface area is 183 Å². The Morgan fingerprint density at radius 2 is 1.77 bits per heavy atom. The average Bonchev–Trinajstić information content (AvgIpc) is 3.12. The van der Waals surface area contributed by atoms with E-state index in [4.69, 9.17) is 0 Å². The van der Waals surface area contributed by atoms with E-state index in [-0.39, 0.29) is 17.7 Å². The lowest BCUT2D eigenvalue weighted by molar-refractivity contribution is -0.123. The minimum atomic E-state index is -0.0148. The Balaban J connectivity index is 1.27. The number of aromatic amines is 1. The van der Waals surface area contributed by atoms with E-state index >= 15 is 0 Å². The minimum Gasteiger partial charge on any atom is -0.351 e. The second kappa shape index (κ2) is 8.22. The monoisotopic (exact) mass is 415 g/mol. The number of hydrogen-bond acceptors (Lipinski definition) is 2. The SMILES string of the molecule is Cc1ccc2c(c1)CCCCN2C(=O)C1CCN(C(=O)c2cc3ccccc3[nH]2)CC1. The topological polar surface area (TPSA) is 56.4 Å². The average molecular weight is 416 g/mol. The maximum atomic E-state index is 13.4. The third kappa shape index (κ3) is 3.85. The molecule has 2 aromatic carbocycles. The van der Waals surface area contributed by atoms with Gasteiger partial charge < -0.3 is 14.8 Å². The lowest BCUT2D eigenvalue weighted by atomic mass is 9.94. The number of amides is 2. The second-order valence-corrected chi connectivity index (χ2v) is 8.92. The number of rotatable bonds is 2. The van der Waals surface area contributed by atoms with Gasteiger partial charge in [0, 0.05) is 42.1 Å². The van der Waals surface area contributed by atoms with Crippen molar-refractivity contribution in [2.75, 3.05) is 24.5 Å². The maximum absolute atomic E-state index is 13.4. The van der Waals surface area contributed by atoms with Gasteiger partial charge in [-0.15, -0.1) is 0 Å². The molecule has 0 bridgehead atoms. The Hall–Kier alpha value is -3.08. The van der Waals surface area contributed by atoms with Crippen LogP contribution in [0.5, 0.6) is 0 Å². The van der Waals surface area contributed by atoms with E-state index in [0.717, 1.165) is 55.2 Å². The predicted molar refractivity (Wildman–Crippen MR) is 123 cm³/mol. The van der Waals surface area contributed by atoms with E-state index in [1.54, 1.807) is 0 Å². The van der Waals surface area contributed by atoms with Gasteiger partial charge in [0.2, 0.25) is 5.91 Å². The molecule has 3 heterocycles. The van der Waals surface area contributed by atoms with Crippen LogP contribution in [0.4, 0.5) is 5.69 Å². The van der Waals surface area contributed by atoms with Gasteiger partial charge in [-0.2, -0.15) is 0 Å². The summed E-state index contributed by atoms with van der Waals surface area (Å²) in [6.07, 6.45) is 4.65. The highest BCUT2D eigenvalue weighted by Gasteiger charge is 2.32. The predicted octanol–water partition coefficient (Wildman–Crippen LogP) is 4.70. The molecule has 5 rings (SSSR count). The number of anilines is 1. The Kier molecular flexibility index (Phi) is 5.26. The molecule has 1 N–H and O–H groups in total. The molecule has 0 atom stereocenters. The summed E-state index contributed by atoms with van der Waals surface area (Å²) in [5, 5.41) is 1.05. The number of piperidine rings is 1. The van der Waals surface area contributed by atoms with Gasteiger partial charge in [-0.3, -0.25) is 9.59 Å². The fourth-order valence-corrected chi connectivity index (χ4v) is 5.02. The zero-order valence-electron chi connectivity index (χ0n) is 18.1. The van der Waals surface area contributed by atoms with Crippen LogP contribution in [0.1, 0.15) is 47.3 Å². The number of nitrogens with zero attached hydrogens (tertiary/aromatic N) is 2. The highest BCUT2D eigenvalue weighted by molar-refractivity contribution is 5.99. The van der Waals surface area contributed by atoms with Gasteiger partial charge in [0.15, 0.2) is 0 Å². The summed E-state index contributed by atoms with van der Waals surface area (Å²) in [4.78, 5) is 33.6. The molecule has 1 saturated heterocycles. The zero-order chi connectivity index (χ0) is 21.4. The number of benzene rings is 2. The van der Waals surface area contributed by atoms with Gasteiger partial charge in [0.1, 0.15) is 5.69 Å². The zero-order valence-corrected chi connectivity index (χ0v) is 18.1. The highest BCUT2D eigenvalue weighted by atomic mass is 16.2. The van der Waals surface area contributed by atoms with Gasteiger partial charge in [-0.1, -0.05) is 35.9 Å². The summed E-state index contributed by atoms with van der Waals surface area (Å²) in [7, 11) is 0. The van der Waals surface area contributed by atoms with Crippen molar-refractivity contribution in [1.82, 2.24) is 9.88 Å². The molecule has 0 saturated carbocycles. The minimum absolute atomic E-state index is 0.0148. The molecule has 0 unspecified atom stereocenters. The van der Waals surface area contributed by atoms with E-state index in [1.165, 1.54) is 11.1 Å². The number of aromatic nitrogens is 1. The molecule has 3 aromatic rings. The molecule has 2 amide bonds. The number of hydrogen-bond donors (Lipinski definition) is 1. The second-order valence-electron chi connectivity index (χ2n) is 8.92. The number of carbonyl (C=O) groups excluding carboxylic acids is 2. The van der Waals surface area contributed by atoms with Crippen LogP contribution in [0.25, 0.3) is 10.9 Å². The van der Waals surface area contributed by atoms with Gasteiger partial charge in [-0.25, -0.2) is 0 Å². The van der Waals surface area contributed by atoms with Crippen molar-refractivity contribution in [3.63, 3.8) is 0 Å². The van der Waals surface area contributed by atoms with Crippen molar-refractivity contribution >= 4 is 28.4 Å². The molecule has 1 fully saturated rings. The third-order valence-corrected chi connectivity index (χ3v) is 6.76. The van der Waals surface area contributed by atoms with Gasteiger partial charge in [0.05, 0.1) is 0 Å². The summed E-state index contributed by atoms with van der Waals surface area (Å²) in [6.45, 7) is 4.15. The van der Waals surface area contributed by atoms with Crippen LogP contribution < -0.4 is 4.90 Å². The number of likely N-dealkylation sites (tertiary alicyclic amines) is 1. The van der Waals surface area contributed by atoms with Gasteiger partial charge in [0.25, 0.3) is 5.91 Å². The number of aryl methyl sites for hydroxylation is 2. The first-order valence-corrected chi connectivity index (χ1v) is 11.4. The molecule has 5 nitrogen and oxygen atoms in total. The number of nitrogens with one attached hydrogen (secondary N) is 1. The van der Waals surface area contributed by atoms with Crippen molar-refractivity contribution in [2.24, 2.45) is 5.92 Å². The molecular formula is C26H29N3O2. The van der Waals surface area contributed by atoms with E-state index in [1.807, 2.05) is 40.1 Å². The molecule has 31 heavy (non-hydrogen) atoms. The van der Waals surface area contributed by atoms with Crippen molar-refractivity contribution in [1.29, 1.82) is 0 Å². The molecule has 0 radical (unpaired) electrons. The van der Waals surface area contributed by atoms with Gasteiger partial charge in [-0.05, 0) is 62.8 Å². The molecule has 1 aromatic heterocycles. The van der Waals surface area contributed by atoms with Crippen LogP contribution in [0.2, 0.25) is 0 Å². The first-order chi connectivity index (χ1) is 15.1. The van der Waals surface area contributed by atoms with E-state index in [0.29, 0.717) is 18.8 Å². The summed E-state index contributed by atoms with van der Waals surface area (Å²) < 4.78 is 0. The number of carbonyl (C=O) groups is 2. The van der Waals surface area contributed by atoms with Crippen LogP contribution in [0, 0.1) is 12.8 Å². The van der Waals surface area contributed by atoms with Gasteiger partial charge >= 0.3 is 0 Å². The molecule has 5 heteroatoms. The van der Waals surface area contributed by atoms with E-state index in [9.17, 15) is 9.59 Å². The fraction of sp³-hybridized carbons (Fsp3) is 0.385. The fourth-order valence-electron chi connectivity index (χ4n) is 5.02. The summed E-state index contributed by atoms with van der Waals surface area (Å²) in [5.41, 5.74) is 5.23. The van der Waals surface area contributed by atoms with Crippen molar-refractivity contribution < 1.29 is 9.59 Å². The van der Waals surface area contributed by atoms with Crippen LogP contribution in [-0.4, -0.2) is 41.3 Å². The lowest BCUT2D eigenvalue weighted by Gasteiger charge is -2.34. The summed E-state index contributed by atoms with van der Waals surface area (Å²) in [6, 6.07) is 16.3. The highest BCUT2D eigenvalue weighted by Crippen LogP contribution is 2.31. The third-order valence-electron chi connectivity index (χ3n) is 6.76. The quantitative estimate of drug-likeness (QED) is 0.660. The van der Waals surface area contributed by atoms with Crippen LogP contribution >= 0.6 is 0 Å². The first-order valence-electron chi connectivity index (χ1n) is 11.4. The van der Waals surface area contributed by atoms with Crippen molar-refractivity contribution in [3.05, 3.63) is 65.4 Å². The molecule has 0 spiro atoms. The number of para-hydroxylation sites is 1. The number of H-pyrrole nitrogens is 1. The normalized spacial score (nSPS) is 17.5.